The van der Waals surface area contributed by atoms with E-state index in [0.717, 1.165) is 0 Å². The molecule has 0 aliphatic carbocycles. The van der Waals surface area contributed by atoms with E-state index in [2.05, 4.69) is 43.6 Å². The molecule has 0 N–H and O–H groups in total. The Morgan fingerprint density at radius 1 is 1.00 bits per heavy atom. The summed E-state index contributed by atoms with van der Waals surface area (Å²) < 4.78 is 2.30. The SMILES string of the molecule is C=CN([Si](C)C)[Si](C=C)(C=C)C=C. The van der Waals surface area contributed by atoms with Gasteiger partial charge >= 0.3 is 0 Å². The first-order chi connectivity index (χ1) is 6.07. The average molecular weight is 208 g/mol. The van der Waals surface area contributed by atoms with Crippen molar-refractivity contribution in [3.63, 3.8) is 0 Å². The van der Waals surface area contributed by atoms with Crippen molar-refractivity contribution >= 4 is 17.2 Å². The van der Waals surface area contributed by atoms with Crippen LogP contribution in [0, 0.1) is 0 Å². The van der Waals surface area contributed by atoms with Gasteiger partial charge in [0.05, 0.1) is 0 Å². The van der Waals surface area contributed by atoms with Crippen LogP contribution in [0.1, 0.15) is 0 Å². The molecule has 0 heterocycles. The highest BCUT2D eigenvalue weighted by Crippen LogP contribution is 2.16. The molecule has 0 amide bonds. The van der Waals surface area contributed by atoms with Gasteiger partial charge in [0.15, 0.2) is 8.96 Å². The normalized spacial score (nSPS) is 10.7. The number of rotatable bonds is 6. The van der Waals surface area contributed by atoms with E-state index in [1.54, 1.807) is 0 Å². The molecule has 0 saturated heterocycles. The fourth-order valence-corrected chi connectivity index (χ4v) is 6.96. The molecular formula is C10H18NSi2. The molecule has 3 heteroatoms. The smallest absolute Gasteiger partial charge is 0.220 e. The Morgan fingerprint density at radius 2 is 1.38 bits per heavy atom. The van der Waals surface area contributed by atoms with E-state index in [1.807, 2.05) is 23.3 Å². The lowest BCUT2D eigenvalue weighted by atomic mass is 11.1. The Bertz CT molecular complexity index is 199. The molecule has 0 aromatic heterocycles. The summed E-state index contributed by atoms with van der Waals surface area (Å²) in [4.78, 5) is 0. The zero-order valence-electron chi connectivity index (χ0n) is 8.59. The van der Waals surface area contributed by atoms with E-state index in [9.17, 15) is 0 Å². The first kappa shape index (κ1) is 12.2. The van der Waals surface area contributed by atoms with E-state index in [1.165, 1.54) is 0 Å². The Balaban J connectivity index is 5.09. The minimum absolute atomic E-state index is 0.553. The maximum Gasteiger partial charge on any atom is 0.220 e. The molecule has 0 aliphatic heterocycles. The molecule has 13 heavy (non-hydrogen) atoms. The van der Waals surface area contributed by atoms with Gasteiger partial charge in [0.2, 0.25) is 8.24 Å². The standard InChI is InChI=1S/C10H18NSi2/c1-7-11(12(5)6)13(8-2,9-3)10-4/h7-10H,1-4H2,5-6H3. The topological polar surface area (TPSA) is 3.24 Å². The van der Waals surface area contributed by atoms with E-state index in [-0.39, 0.29) is 0 Å². The highest BCUT2D eigenvalue weighted by Gasteiger charge is 2.30. The quantitative estimate of drug-likeness (QED) is 0.607. The summed E-state index contributed by atoms with van der Waals surface area (Å²) in [5.41, 5.74) is 5.94. The Kier molecular flexibility index (Phi) is 4.73. The minimum atomic E-state index is -1.86. The molecule has 0 spiro atoms. The summed E-state index contributed by atoms with van der Waals surface area (Å²) in [6.45, 7) is 19.9. The number of hydrogen-bond acceptors (Lipinski definition) is 1. The van der Waals surface area contributed by atoms with Crippen molar-refractivity contribution in [3.05, 3.63) is 49.6 Å². The minimum Gasteiger partial charge on any atom is -0.422 e. The van der Waals surface area contributed by atoms with Crippen LogP contribution in [0.4, 0.5) is 0 Å². The van der Waals surface area contributed by atoms with Gasteiger partial charge in [-0.15, -0.1) is 19.7 Å². The molecule has 0 atom stereocenters. The Morgan fingerprint density at radius 3 is 1.46 bits per heavy atom. The van der Waals surface area contributed by atoms with Crippen molar-refractivity contribution in [1.82, 2.24) is 4.23 Å². The fraction of sp³-hybridized carbons (Fsp3) is 0.200. The highest BCUT2D eigenvalue weighted by molar-refractivity contribution is 6.96. The average Bonchev–Trinajstić information content (AvgIpc) is 2.13. The van der Waals surface area contributed by atoms with Gasteiger partial charge in [0.25, 0.3) is 0 Å². The maximum atomic E-state index is 3.87. The first-order valence-corrected chi connectivity index (χ1v) is 8.83. The van der Waals surface area contributed by atoms with Gasteiger partial charge in [0.1, 0.15) is 0 Å². The van der Waals surface area contributed by atoms with Gasteiger partial charge < -0.3 is 4.23 Å². The van der Waals surface area contributed by atoms with Crippen LogP contribution in [-0.4, -0.2) is 21.4 Å². The molecule has 0 bridgehead atoms. The van der Waals surface area contributed by atoms with Crippen molar-refractivity contribution in [2.45, 2.75) is 13.1 Å². The largest absolute Gasteiger partial charge is 0.422 e. The zero-order valence-corrected chi connectivity index (χ0v) is 10.6. The lowest BCUT2D eigenvalue weighted by molar-refractivity contribution is 0.888. The summed E-state index contributed by atoms with van der Waals surface area (Å²) in [7, 11) is -2.41. The molecule has 0 unspecified atom stereocenters. The van der Waals surface area contributed by atoms with Crippen LogP contribution in [-0.2, 0) is 0 Å². The van der Waals surface area contributed by atoms with E-state index in [0.29, 0.717) is 0 Å². The lowest BCUT2D eigenvalue weighted by Gasteiger charge is -2.37. The van der Waals surface area contributed by atoms with Crippen LogP contribution in [0.2, 0.25) is 13.1 Å². The number of hydrogen-bond donors (Lipinski definition) is 0. The molecule has 1 nitrogen and oxygen atoms in total. The zero-order chi connectivity index (χ0) is 10.5. The summed E-state index contributed by atoms with van der Waals surface area (Å²) in [6.07, 6.45) is 1.89. The predicted molar refractivity (Wildman–Crippen MR) is 65.9 cm³/mol. The van der Waals surface area contributed by atoms with Crippen molar-refractivity contribution in [2.75, 3.05) is 0 Å². The van der Waals surface area contributed by atoms with Gasteiger partial charge in [-0.25, -0.2) is 0 Å². The van der Waals surface area contributed by atoms with Crippen LogP contribution in [0.15, 0.2) is 49.6 Å². The molecule has 0 aromatic carbocycles. The molecule has 0 aromatic rings. The van der Waals surface area contributed by atoms with Gasteiger partial charge in [-0.3, -0.25) is 0 Å². The molecule has 71 valence electrons. The summed E-state index contributed by atoms with van der Waals surface area (Å²) in [5.74, 6) is 0. The molecule has 0 fully saturated rings. The fourth-order valence-electron chi connectivity index (χ4n) is 1.27. The number of nitrogens with zero attached hydrogens (tertiary/aromatic N) is 1. The van der Waals surface area contributed by atoms with Crippen molar-refractivity contribution in [2.24, 2.45) is 0 Å². The van der Waals surface area contributed by atoms with Gasteiger partial charge in [0, 0.05) is 0 Å². The van der Waals surface area contributed by atoms with Gasteiger partial charge in [-0.05, 0) is 6.20 Å². The van der Waals surface area contributed by atoms with Crippen molar-refractivity contribution < 1.29 is 0 Å². The third kappa shape index (κ3) is 2.32. The van der Waals surface area contributed by atoms with E-state index < -0.39 is 17.2 Å². The lowest BCUT2D eigenvalue weighted by Crippen LogP contribution is -2.51. The first-order valence-electron chi connectivity index (χ1n) is 4.20. The van der Waals surface area contributed by atoms with Gasteiger partial charge in [-0.2, -0.15) is 0 Å². The third-order valence-corrected chi connectivity index (χ3v) is 8.69. The third-order valence-electron chi connectivity index (χ3n) is 2.06. The molecular weight excluding hydrogens is 190 g/mol. The second kappa shape index (κ2) is 5.04. The summed E-state index contributed by atoms with van der Waals surface area (Å²) >= 11 is 0. The maximum absolute atomic E-state index is 3.87. The van der Waals surface area contributed by atoms with Crippen LogP contribution in [0.25, 0.3) is 0 Å². The van der Waals surface area contributed by atoms with Crippen molar-refractivity contribution in [3.8, 4) is 0 Å². The second-order valence-corrected chi connectivity index (χ2v) is 9.30. The summed E-state index contributed by atoms with van der Waals surface area (Å²) in [5, 5.41) is 0. The van der Waals surface area contributed by atoms with Crippen LogP contribution in [0.3, 0.4) is 0 Å². The van der Waals surface area contributed by atoms with Gasteiger partial charge in [-0.1, -0.05) is 36.8 Å². The molecule has 0 rings (SSSR count). The van der Waals surface area contributed by atoms with E-state index >= 15 is 0 Å². The monoisotopic (exact) mass is 208 g/mol. The van der Waals surface area contributed by atoms with Crippen LogP contribution < -0.4 is 0 Å². The molecule has 1 radical (unpaired) electrons. The Labute approximate surface area is 84.5 Å². The second-order valence-electron chi connectivity index (χ2n) is 3.00. The molecule has 0 saturated carbocycles. The summed E-state index contributed by atoms with van der Waals surface area (Å²) in [6, 6.07) is 0. The van der Waals surface area contributed by atoms with E-state index in [4.69, 9.17) is 0 Å². The highest BCUT2D eigenvalue weighted by atomic mass is 28.4. The predicted octanol–water partition coefficient (Wildman–Crippen LogP) is 2.80. The Hall–Kier alpha value is -0.806. The van der Waals surface area contributed by atoms with Crippen LogP contribution in [0.5, 0.6) is 0 Å². The van der Waals surface area contributed by atoms with Crippen molar-refractivity contribution in [1.29, 1.82) is 0 Å². The van der Waals surface area contributed by atoms with Crippen LogP contribution >= 0.6 is 0 Å². The molecule has 0 aliphatic rings.